The number of aromatic nitrogens is 4. The van der Waals surface area contributed by atoms with E-state index in [1.54, 1.807) is 50.0 Å². The highest BCUT2D eigenvalue weighted by atomic mass is 79.9. The first kappa shape index (κ1) is 18.1. The van der Waals surface area contributed by atoms with E-state index in [1.165, 1.54) is 0 Å². The van der Waals surface area contributed by atoms with Crippen molar-refractivity contribution in [2.75, 3.05) is 19.4 Å². The van der Waals surface area contributed by atoms with Crippen LogP contribution in [-0.2, 0) is 0 Å². The van der Waals surface area contributed by atoms with Crippen molar-refractivity contribution in [1.82, 2.24) is 24.3 Å². The lowest BCUT2D eigenvalue weighted by Crippen LogP contribution is -2.21. The number of benzene rings is 1. The Balaban J connectivity index is 1.83. The molecule has 0 fully saturated rings. The zero-order valence-corrected chi connectivity index (χ0v) is 16.9. The molecular weight excluding hydrogens is 420 g/mol. The average molecular weight is 437 g/mol. The first-order valence-corrected chi connectivity index (χ1v) is 9.34. The Morgan fingerprint density at radius 2 is 1.96 bits per heavy atom. The Hall–Kier alpha value is -3.26. The van der Waals surface area contributed by atoms with E-state index in [-0.39, 0.29) is 5.91 Å². The molecule has 1 aromatic carbocycles. The quantitative estimate of drug-likeness (QED) is 0.523. The molecule has 0 spiro atoms. The van der Waals surface area contributed by atoms with Crippen molar-refractivity contribution >= 4 is 39.0 Å². The third-order valence-electron chi connectivity index (χ3n) is 4.23. The van der Waals surface area contributed by atoms with E-state index < -0.39 is 0 Å². The maximum absolute atomic E-state index is 12.3. The van der Waals surface area contributed by atoms with Gasteiger partial charge in [-0.3, -0.25) is 14.2 Å². The molecule has 28 heavy (non-hydrogen) atoms. The van der Waals surface area contributed by atoms with Crippen LogP contribution in [0.25, 0.3) is 16.9 Å². The summed E-state index contributed by atoms with van der Waals surface area (Å²) in [6.45, 7) is 0. The summed E-state index contributed by atoms with van der Waals surface area (Å²) in [5.41, 5.74) is 3.72. The molecule has 1 N–H and O–H groups in total. The summed E-state index contributed by atoms with van der Waals surface area (Å²) in [6, 6.07) is 11.1. The van der Waals surface area contributed by atoms with Gasteiger partial charge in [0.25, 0.3) is 5.91 Å². The maximum atomic E-state index is 12.3. The second-order valence-corrected chi connectivity index (χ2v) is 7.23. The number of anilines is 2. The summed E-state index contributed by atoms with van der Waals surface area (Å²) < 4.78 is 2.76. The molecule has 0 atom stereocenters. The molecule has 140 valence electrons. The second kappa shape index (κ2) is 7.40. The van der Waals surface area contributed by atoms with Crippen LogP contribution in [0.4, 0.5) is 11.5 Å². The fraction of sp³-hybridized carbons (Fsp3) is 0.100. The van der Waals surface area contributed by atoms with Gasteiger partial charge in [-0.15, -0.1) is 0 Å². The van der Waals surface area contributed by atoms with Crippen LogP contribution in [0.1, 0.15) is 10.4 Å². The van der Waals surface area contributed by atoms with E-state index in [1.807, 2.05) is 34.7 Å². The smallest absolute Gasteiger partial charge is 0.253 e. The first-order valence-electron chi connectivity index (χ1n) is 8.55. The summed E-state index contributed by atoms with van der Waals surface area (Å²) in [5, 5.41) is 3.40. The van der Waals surface area contributed by atoms with Gasteiger partial charge in [-0.05, 0) is 46.3 Å². The van der Waals surface area contributed by atoms with Crippen LogP contribution in [0, 0.1) is 0 Å². The summed E-state index contributed by atoms with van der Waals surface area (Å²) in [6.07, 6.45) is 6.88. The molecule has 7 nitrogen and oxygen atoms in total. The van der Waals surface area contributed by atoms with Gasteiger partial charge in [0.15, 0.2) is 0 Å². The standard InChI is InChI=1S/C20H17BrN6O/c1-26(2)20(28)13-4-3-5-14(10-13)24-19-18(15-11-22-8-6-16(15)21)25-17-7-9-23-12-27(17)19/h3-12,24H,1-2H3. The fourth-order valence-electron chi connectivity index (χ4n) is 2.88. The number of rotatable bonds is 4. The minimum absolute atomic E-state index is 0.0568. The molecule has 0 saturated heterocycles. The lowest BCUT2D eigenvalue weighted by atomic mass is 10.1. The molecule has 0 aliphatic rings. The van der Waals surface area contributed by atoms with Crippen LogP contribution in [0.15, 0.2) is 65.8 Å². The third-order valence-corrected chi connectivity index (χ3v) is 4.92. The highest BCUT2D eigenvalue weighted by Crippen LogP contribution is 2.34. The third kappa shape index (κ3) is 3.34. The molecule has 0 unspecified atom stereocenters. The Morgan fingerprint density at radius 3 is 2.75 bits per heavy atom. The number of fused-ring (bicyclic) bond motifs is 1. The van der Waals surface area contributed by atoms with Crippen LogP contribution in [-0.4, -0.2) is 44.3 Å². The zero-order chi connectivity index (χ0) is 19.7. The Kier molecular flexibility index (Phi) is 4.79. The van der Waals surface area contributed by atoms with Crippen molar-refractivity contribution in [3.8, 4) is 11.3 Å². The lowest BCUT2D eigenvalue weighted by Gasteiger charge is -2.13. The van der Waals surface area contributed by atoms with Crippen LogP contribution < -0.4 is 5.32 Å². The SMILES string of the molecule is CN(C)C(=O)c1cccc(Nc2c(-c3cnccc3Br)nc3ccncn23)c1. The molecule has 0 bridgehead atoms. The molecule has 3 aromatic heterocycles. The normalized spacial score (nSPS) is 10.8. The van der Waals surface area contributed by atoms with Crippen molar-refractivity contribution < 1.29 is 4.79 Å². The van der Waals surface area contributed by atoms with Crippen LogP contribution in [0.5, 0.6) is 0 Å². The number of carbonyl (C=O) groups is 1. The number of carbonyl (C=O) groups excluding carboxylic acids is 1. The zero-order valence-electron chi connectivity index (χ0n) is 15.3. The predicted molar refractivity (Wildman–Crippen MR) is 112 cm³/mol. The van der Waals surface area contributed by atoms with Gasteiger partial charge >= 0.3 is 0 Å². The minimum atomic E-state index is -0.0568. The summed E-state index contributed by atoms with van der Waals surface area (Å²) >= 11 is 3.57. The molecule has 3 heterocycles. The van der Waals surface area contributed by atoms with Gasteiger partial charge in [0, 0.05) is 54.0 Å². The maximum Gasteiger partial charge on any atom is 0.253 e. The molecule has 8 heteroatoms. The van der Waals surface area contributed by atoms with Crippen molar-refractivity contribution in [3.05, 3.63) is 71.4 Å². The Bertz CT molecular complexity index is 1170. The topological polar surface area (TPSA) is 75.4 Å². The highest BCUT2D eigenvalue weighted by Gasteiger charge is 2.17. The van der Waals surface area contributed by atoms with Crippen molar-refractivity contribution in [2.24, 2.45) is 0 Å². The minimum Gasteiger partial charge on any atom is -0.345 e. The van der Waals surface area contributed by atoms with Crippen molar-refractivity contribution in [2.45, 2.75) is 0 Å². The number of nitrogens with one attached hydrogen (secondary N) is 1. The van der Waals surface area contributed by atoms with E-state index in [0.717, 1.165) is 32.9 Å². The number of pyridine rings is 1. The molecule has 0 aliphatic carbocycles. The van der Waals surface area contributed by atoms with Gasteiger partial charge < -0.3 is 10.2 Å². The first-order chi connectivity index (χ1) is 13.5. The van der Waals surface area contributed by atoms with E-state index >= 15 is 0 Å². The molecule has 4 aromatic rings. The van der Waals surface area contributed by atoms with Crippen molar-refractivity contribution in [1.29, 1.82) is 0 Å². The Labute approximate surface area is 170 Å². The van der Waals surface area contributed by atoms with Crippen LogP contribution >= 0.6 is 15.9 Å². The largest absolute Gasteiger partial charge is 0.345 e. The molecule has 0 aliphatic heterocycles. The number of nitrogens with zero attached hydrogens (tertiary/aromatic N) is 5. The fourth-order valence-corrected chi connectivity index (χ4v) is 3.29. The molecular formula is C20H17BrN6O. The van der Waals surface area contributed by atoms with Gasteiger partial charge in [-0.1, -0.05) is 6.07 Å². The Morgan fingerprint density at radius 1 is 1.14 bits per heavy atom. The number of hydrogen-bond donors (Lipinski definition) is 1. The second-order valence-electron chi connectivity index (χ2n) is 6.38. The highest BCUT2D eigenvalue weighted by molar-refractivity contribution is 9.10. The number of amides is 1. The van der Waals surface area contributed by atoms with Crippen molar-refractivity contribution in [3.63, 3.8) is 0 Å². The average Bonchev–Trinajstić information content (AvgIpc) is 3.06. The number of imidazole rings is 1. The summed E-state index contributed by atoms with van der Waals surface area (Å²) in [5.74, 6) is 0.685. The summed E-state index contributed by atoms with van der Waals surface area (Å²) in [7, 11) is 3.47. The van der Waals surface area contributed by atoms with E-state index in [0.29, 0.717) is 5.56 Å². The molecule has 1 amide bonds. The van der Waals surface area contributed by atoms with Crippen LogP contribution in [0.2, 0.25) is 0 Å². The molecule has 4 rings (SSSR count). The van der Waals surface area contributed by atoms with Crippen LogP contribution in [0.3, 0.4) is 0 Å². The van der Waals surface area contributed by atoms with E-state index in [2.05, 4.69) is 31.2 Å². The molecule has 0 radical (unpaired) electrons. The van der Waals surface area contributed by atoms with Gasteiger partial charge in [0.1, 0.15) is 23.5 Å². The van der Waals surface area contributed by atoms with Gasteiger partial charge in [0.2, 0.25) is 0 Å². The van der Waals surface area contributed by atoms with E-state index in [4.69, 9.17) is 4.98 Å². The summed E-state index contributed by atoms with van der Waals surface area (Å²) in [4.78, 5) is 27.0. The van der Waals surface area contributed by atoms with Gasteiger partial charge in [-0.2, -0.15) is 0 Å². The monoisotopic (exact) mass is 436 g/mol. The number of hydrogen-bond acceptors (Lipinski definition) is 5. The number of halogens is 1. The predicted octanol–water partition coefficient (Wildman–Crippen LogP) is 4.00. The van der Waals surface area contributed by atoms with Gasteiger partial charge in [0.05, 0.1) is 0 Å². The lowest BCUT2D eigenvalue weighted by molar-refractivity contribution is 0.0827. The van der Waals surface area contributed by atoms with E-state index in [9.17, 15) is 4.79 Å². The molecule has 0 saturated carbocycles. The van der Waals surface area contributed by atoms with Gasteiger partial charge in [-0.25, -0.2) is 9.97 Å².